The number of likely N-dealkylation sites (tertiary alicyclic amines) is 1. The van der Waals surface area contributed by atoms with E-state index in [-0.39, 0.29) is 0 Å². The second-order valence-corrected chi connectivity index (χ2v) is 9.39. The Bertz CT molecular complexity index is 1000. The van der Waals surface area contributed by atoms with E-state index in [4.69, 9.17) is 4.74 Å². The summed E-state index contributed by atoms with van der Waals surface area (Å²) >= 11 is 1.51. The molecule has 1 fully saturated rings. The van der Waals surface area contributed by atoms with Crippen molar-refractivity contribution >= 4 is 23.8 Å². The largest absolute Gasteiger partial charge is 0.494 e. The highest BCUT2D eigenvalue weighted by molar-refractivity contribution is 8.00. The summed E-state index contributed by atoms with van der Waals surface area (Å²) in [6, 6.07) is 16.9. The molecule has 8 heteroatoms. The fourth-order valence-electron chi connectivity index (χ4n) is 3.86. The number of anilines is 2. The zero-order valence-electron chi connectivity index (χ0n) is 19.6. The summed E-state index contributed by atoms with van der Waals surface area (Å²) in [6.45, 7) is 6.94. The summed E-state index contributed by atoms with van der Waals surface area (Å²) in [4.78, 5) is 8.19. The summed E-state index contributed by atoms with van der Waals surface area (Å²) in [7, 11) is 1.89. The quantitative estimate of drug-likeness (QED) is 0.301. The highest BCUT2D eigenvalue weighted by atomic mass is 32.2. The number of aryl methyl sites for hydroxylation is 2. The van der Waals surface area contributed by atoms with Gasteiger partial charge in [0.2, 0.25) is 5.95 Å². The number of rotatable bonds is 11. The van der Waals surface area contributed by atoms with Gasteiger partial charge in [0.25, 0.3) is 5.95 Å². The van der Waals surface area contributed by atoms with Gasteiger partial charge in [-0.25, -0.2) is 4.68 Å². The third kappa shape index (κ3) is 7.40. The summed E-state index contributed by atoms with van der Waals surface area (Å²) in [5, 5.41) is 7.77. The molecule has 3 aromatic rings. The first-order chi connectivity index (χ1) is 16.2. The minimum absolute atomic E-state index is 0.590. The number of hydrogen-bond acceptors (Lipinski definition) is 7. The molecule has 2 N–H and O–H groups in total. The average Bonchev–Trinajstić information content (AvgIpc) is 3.19. The van der Waals surface area contributed by atoms with E-state index in [9.17, 15) is 0 Å². The maximum atomic E-state index is 5.99. The van der Waals surface area contributed by atoms with Crippen LogP contribution in [0.1, 0.15) is 36.8 Å². The Labute approximate surface area is 201 Å². The predicted molar refractivity (Wildman–Crippen MR) is 136 cm³/mol. The van der Waals surface area contributed by atoms with Gasteiger partial charge in [0.15, 0.2) is 0 Å². The van der Waals surface area contributed by atoms with Crippen molar-refractivity contribution in [3.8, 4) is 5.75 Å². The van der Waals surface area contributed by atoms with Gasteiger partial charge < -0.3 is 10.1 Å². The molecule has 0 atom stereocenters. The highest BCUT2D eigenvalue weighted by Gasteiger charge is 2.11. The molecule has 1 aliphatic rings. The predicted octanol–water partition coefficient (Wildman–Crippen LogP) is 5.11. The van der Waals surface area contributed by atoms with Crippen molar-refractivity contribution in [2.45, 2.75) is 44.0 Å². The summed E-state index contributed by atoms with van der Waals surface area (Å²) < 4.78 is 10.9. The van der Waals surface area contributed by atoms with Crippen molar-refractivity contribution in [2.24, 2.45) is 7.05 Å². The summed E-state index contributed by atoms with van der Waals surface area (Å²) in [5.41, 5.74) is 2.58. The van der Waals surface area contributed by atoms with Crippen LogP contribution in [0.5, 0.6) is 5.75 Å². The molecule has 1 aromatic heterocycles. The Kier molecular flexibility index (Phi) is 8.49. The molecule has 1 saturated heterocycles. The van der Waals surface area contributed by atoms with Crippen LogP contribution >= 0.6 is 11.9 Å². The third-order valence-corrected chi connectivity index (χ3v) is 6.46. The second kappa shape index (κ2) is 12.0. The minimum atomic E-state index is 0.590. The van der Waals surface area contributed by atoms with E-state index in [1.54, 1.807) is 4.68 Å². The SMILES string of the molecule is Cc1ccc(SNc2nc(NCCCOc3cccc(CN4CCCCC4)c3)n(C)n2)cc1. The standard InChI is InChI=1S/C25H34N6OS/c1-20-10-12-23(13-11-20)33-29-24-27-25(30(2)28-24)26-14-7-17-32-22-9-6-8-21(18-22)19-31-15-4-3-5-16-31/h6,8-13,18H,3-5,7,14-17,19H2,1-2H3,(H2,26,27,28,29). The molecule has 176 valence electrons. The molecule has 0 bridgehead atoms. The first-order valence-corrected chi connectivity index (χ1v) is 12.6. The second-order valence-electron chi connectivity index (χ2n) is 8.51. The van der Waals surface area contributed by atoms with Crippen LogP contribution in [0.25, 0.3) is 0 Å². The third-order valence-electron chi connectivity index (χ3n) is 5.67. The smallest absolute Gasteiger partial charge is 0.254 e. The topological polar surface area (TPSA) is 67.2 Å². The maximum absolute atomic E-state index is 5.99. The zero-order valence-corrected chi connectivity index (χ0v) is 20.4. The van der Waals surface area contributed by atoms with Crippen LogP contribution in [-0.4, -0.2) is 45.9 Å². The van der Waals surface area contributed by atoms with Crippen molar-refractivity contribution in [3.05, 3.63) is 59.7 Å². The van der Waals surface area contributed by atoms with Crippen LogP contribution in [0.3, 0.4) is 0 Å². The molecule has 7 nitrogen and oxygen atoms in total. The maximum Gasteiger partial charge on any atom is 0.254 e. The molecule has 0 saturated carbocycles. The molecule has 0 spiro atoms. The number of nitrogens with one attached hydrogen (secondary N) is 2. The van der Waals surface area contributed by atoms with Crippen molar-refractivity contribution in [1.82, 2.24) is 19.7 Å². The lowest BCUT2D eigenvalue weighted by atomic mass is 10.1. The van der Waals surface area contributed by atoms with Gasteiger partial charge in [0.1, 0.15) is 5.75 Å². The van der Waals surface area contributed by atoms with E-state index in [0.29, 0.717) is 12.6 Å². The van der Waals surface area contributed by atoms with Gasteiger partial charge in [-0.1, -0.05) is 36.2 Å². The van der Waals surface area contributed by atoms with Gasteiger partial charge in [0.05, 0.1) is 6.61 Å². The van der Waals surface area contributed by atoms with Crippen molar-refractivity contribution < 1.29 is 4.74 Å². The molecule has 4 rings (SSSR count). The van der Waals surface area contributed by atoms with Crippen LogP contribution < -0.4 is 14.8 Å². The number of ether oxygens (including phenoxy) is 1. The monoisotopic (exact) mass is 466 g/mol. The van der Waals surface area contributed by atoms with E-state index in [2.05, 4.69) is 74.4 Å². The van der Waals surface area contributed by atoms with Crippen molar-refractivity contribution in [2.75, 3.05) is 36.3 Å². The summed E-state index contributed by atoms with van der Waals surface area (Å²) in [6.07, 6.45) is 4.88. The number of hydrogen-bond donors (Lipinski definition) is 2. The number of aromatic nitrogens is 3. The van der Waals surface area contributed by atoms with Gasteiger partial charge in [-0.2, -0.15) is 4.98 Å². The van der Waals surface area contributed by atoms with Gasteiger partial charge in [0, 0.05) is 25.0 Å². The zero-order chi connectivity index (χ0) is 22.9. The minimum Gasteiger partial charge on any atom is -0.494 e. The lowest BCUT2D eigenvalue weighted by molar-refractivity contribution is 0.220. The van der Waals surface area contributed by atoms with Gasteiger partial charge in [-0.05, 0) is 81.1 Å². The van der Waals surface area contributed by atoms with Crippen LogP contribution in [0.2, 0.25) is 0 Å². The van der Waals surface area contributed by atoms with E-state index < -0.39 is 0 Å². The number of benzene rings is 2. The molecule has 2 heterocycles. The molecule has 33 heavy (non-hydrogen) atoms. The van der Waals surface area contributed by atoms with E-state index >= 15 is 0 Å². The number of nitrogens with zero attached hydrogens (tertiary/aromatic N) is 4. The summed E-state index contributed by atoms with van der Waals surface area (Å²) in [5.74, 6) is 2.28. The molecule has 1 aliphatic heterocycles. The molecule has 0 aliphatic carbocycles. The Morgan fingerprint density at radius 3 is 2.70 bits per heavy atom. The van der Waals surface area contributed by atoms with Crippen LogP contribution in [0.15, 0.2) is 53.4 Å². The fraction of sp³-hybridized carbons (Fsp3) is 0.440. The highest BCUT2D eigenvalue weighted by Crippen LogP contribution is 2.21. The normalized spacial score (nSPS) is 14.2. The lowest BCUT2D eigenvalue weighted by Gasteiger charge is -2.26. The Hall–Kier alpha value is -2.71. The molecule has 2 aromatic carbocycles. The molecular weight excluding hydrogens is 432 g/mol. The molecule has 0 radical (unpaired) electrons. The lowest BCUT2D eigenvalue weighted by Crippen LogP contribution is -2.29. The van der Waals surface area contributed by atoms with Gasteiger partial charge in [-0.3, -0.25) is 9.62 Å². The Morgan fingerprint density at radius 2 is 1.88 bits per heavy atom. The first-order valence-electron chi connectivity index (χ1n) is 11.7. The molecule has 0 amide bonds. The van der Waals surface area contributed by atoms with Gasteiger partial charge in [-0.15, -0.1) is 5.10 Å². The molecular formula is C25H34N6OS. The van der Waals surface area contributed by atoms with Crippen LogP contribution in [0.4, 0.5) is 11.9 Å². The van der Waals surface area contributed by atoms with Crippen LogP contribution in [-0.2, 0) is 13.6 Å². The van der Waals surface area contributed by atoms with E-state index in [0.717, 1.165) is 36.1 Å². The van der Waals surface area contributed by atoms with Crippen molar-refractivity contribution in [1.29, 1.82) is 0 Å². The van der Waals surface area contributed by atoms with Crippen molar-refractivity contribution in [3.63, 3.8) is 0 Å². The van der Waals surface area contributed by atoms with Gasteiger partial charge >= 0.3 is 0 Å². The average molecular weight is 467 g/mol. The number of piperidine rings is 1. The first kappa shape index (κ1) is 23.4. The Balaban J connectivity index is 1.16. The van der Waals surface area contributed by atoms with E-state index in [1.165, 1.54) is 55.4 Å². The van der Waals surface area contributed by atoms with E-state index in [1.807, 2.05) is 13.1 Å². The molecule has 0 unspecified atom stereocenters. The van der Waals surface area contributed by atoms with Crippen LogP contribution in [0, 0.1) is 6.92 Å². The Morgan fingerprint density at radius 1 is 1.06 bits per heavy atom. The fourth-order valence-corrected chi connectivity index (χ4v) is 4.43.